The fraction of sp³-hybridized carbons (Fsp3) is 0.150. The van der Waals surface area contributed by atoms with Gasteiger partial charge in [0.15, 0.2) is 11.6 Å². The highest BCUT2D eigenvalue weighted by atomic mass is 16.3. The van der Waals surface area contributed by atoms with Crippen molar-refractivity contribution in [1.29, 1.82) is 0 Å². The van der Waals surface area contributed by atoms with Crippen molar-refractivity contribution in [1.82, 2.24) is 19.7 Å². The largest absolute Gasteiger partial charge is 0.504 e. The molecule has 2 heterocycles. The number of nitrogens with zero attached hydrogens (tertiary/aromatic N) is 3. The van der Waals surface area contributed by atoms with Gasteiger partial charge in [-0.2, -0.15) is 5.10 Å². The minimum atomic E-state index is -0.511. The van der Waals surface area contributed by atoms with E-state index in [0.717, 1.165) is 11.1 Å². The van der Waals surface area contributed by atoms with Crippen molar-refractivity contribution < 1.29 is 9.90 Å². The number of aromatic nitrogens is 4. The molecule has 0 aliphatic carbocycles. The van der Waals surface area contributed by atoms with Crippen molar-refractivity contribution in [2.24, 2.45) is 11.5 Å². The summed E-state index contributed by atoms with van der Waals surface area (Å²) in [6, 6.07) is 12.6. The molecule has 4 aromatic rings. The van der Waals surface area contributed by atoms with Gasteiger partial charge in [-0.05, 0) is 30.7 Å². The number of rotatable bonds is 5. The second kappa shape index (κ2) is 6.82. The van der Waals surface area contributed by atoms with Crippen LogP contribution < -0.4 is 11.5 Å². The fourth-order valence-corrected chi connectivity index (χ4v) is 3.18. The number of imidazole rings is 1. The summed E-state index contributed by atoms with van der Waals surface area (Å²) >= 11 is 0. The van der Waals surface area contributed by atoms with Crippen LogP contribution in [0.25, 0.3) is 33.8 Å². The fourth-order valence-electron chi connectivity index (χ4n) is 3.18. The van der Waals surface area contributed by atoms with Gasteiger partial charge in [0.25, 0.3) is 0 Å². The van der Waals surface area contributed by atoms with E-state index in [4.69, 9.17) is 11.5 Å². The first-order valence-corrected chi connectivity index (χ1v) is 8.91. The molecule has 28 heavy (non-hydrogen) atoms. The molecule has 0 fully saturated rings. The minimum absolute atomic E-state index is 0.0385. The average molecular weight is 376 g/mol. The molecule has 0 saturated heterocycles. The van der Waals surface area contributed by atoms with Gasteiger partial charge in [0.2, 0.25) is 5.91 Å². The van der Waals surface area contributed by atoms with Crippen molar-refractivity contribution in [3.8, 4) is 28.5 Å². The number of aryl methyl sites for hydroxylation is 1. The normalized spacial score (nSPS) is 11.2. The molecule has 4 rings (SSSR count). The lowest BCUT2D eigenvalue weighted by Crippen LogP contribution is -2.10. The van der Waals surface area contributed by atoms with Gasteiger partial charge < -0.3 is 21.6 Å². The van der Waals surface area contributed by atoms with Crippen LogP contribution in [0, 0.1) is 0 Å². The summed E-state index contributed by atoms with van der Waals surface area (Å²) < 4.78 is 1.69. The molecule has 0 radical (unpaired) electrons. The number of hydrogen-bond donors (Lipinski definition) is 4. The predicted molar refractivity (Wildman–Crippen MR) is 106 cm³/mol. The standard InChI is InChI=1S/C20H20N6O2/c1-2-26-17(18(27)16(25-26)12-5-3-11(10-21)4-6-12)20-23-14-8-7-13(19(22)28)9-15(14)24-20/h3-9,27H,2,10,21H2,1H3,(H2,22,28)(H,23,24). The molecule has 8 nitrogen and oxygen atoms in total. The Morgan fingerprint density at radius 3 is 2.61 bits per heavy atom. The van der Waals surface area contributed by atoms with E-state index in [1.54, 1.807) is 22.9 Å². The molecule has 1 amide bonds. The Bertz CT molecular complexity index is 1170. The van der Waals surface area contributed by atoms with E-state index < -0.39 is 5.91 Å². The molecule has 2 aromatic carbocycles. The van der Waals surface area contributed by atoms with Gasteiger partial charge in [0, 0.05) is 24.2 Å². The Labute approximate surface area is 160 Å². The van der Waals surface area contributed by atoms with Crippen LogP contribution in [0.15, 0.2) is 42.5 Å². The summed E-state index contributed by atoms with van der Waals surface area (Å²) in [5.74, 6) is -0.00691. The number of nitrogens with two attached hydrogens (primary N) is 2. The average Bonchev–Trinajstić information content (AvgIpc) is 3.27. The van der Waals surface area contributed by atoms with Crippen LogP contribution in [0.1, 0.15) is 22.8 Å². The van der Waals surface area contributed by atoms with E-state index in [1.165, 1.54) is 0 Å². The van der Waals surface area contributed by atoms with E-state index in [1.807, 2.05) is 31.2 Å². The molecule has 0 aliphatic rings. The van der Waals surface area contributed by atoms with E-state index in [2.05, 4.69) is 15.1 Å². The van der Waals surface area contributed by atoms with Gasteiger partial charge in [-0.3, -0.25) is 9.48 Å². The second-order valence-corrected chi connectivity index (χ2v) is 6.44. The smallest absolute Gasteiger partial charge is 0.248 e. The monoisotopic (exact) mass is 376 g/mol. The molecule has 0 spiro atoms. The third kappa shape index (κ3) is 2.89. The summed E-state index contributed by atoms with van der Waals surface area (Å²) in [5.41, 5.74) is 15.4. The molecule has 0 atom stereocenters. The first kappa shape index (κ1) is 17.7. The summed E-state index contributed by atoms with van der Waals surface area (Å²) in [6.45, 7) is 2.94. The molecular weight excluding hydrogens is 356 g/mol. The van der Waals surface area contributed by atoms with Crippen molar-refractivity contribution in [3.63, 3.8) is 0 Å². The van der Waals surface area contributed by atoms with Crippen LogP contribution in [0.4, 0.5) is 0 Å². The van der Waals surface area contributed by atoms with Crippen LogP contribution >= 0.6 is 0 Å². The summed E-state index contributed by atoms with van der Waals surface area (Å²) in [6.07, 6.45) is 0. The van der Waals surface area contributed by atoms with E-state index >= 15 is 0 Å². The summed E-state index contributed by atoms with van der Waals surface area (Å²) in [4.78, 5) is 19.1. The number of primary amides is 1. The zero-order valence-corrected chi connectivity index (χ0v) is 15.3. The molecule has 0 aliphatic heterocycles. The van der Waals surface area contributed by atoms with Crippen LogP contribution in [0.2, 0.25) is 0 Å². The van der Waals surface area contributed by atoms with Crippen molar-refractivity contribution in [3.05, 3.63) is 53.6 Å². The number of carbonyl (C=O) groups is 1. The molecule has 0 unspecified atom stereocenters. The number of fused-ring (bicyclic) bond motifs is 1. The third-order valence-corrected chi connectivity index (χ3v) is 4.68. The van der Waals surface area contributed by atoms with E-state index in [-0.39, 0.29) is 5.75 Å². The van der Waals surface area contributed by atoms with Crippen LogP contribution in [-0.4, -0.2) is 30.8 Å². The van der Waals surface area contributed by atoms with E-state index in [9.17, 15) is 9.90 Å². The molecule has 6 N–H and O–H groups in total. The van der Waals surface area contributed by atoms with Crippen molar-refractivity contribution >= 4 is 16.9 Å². The van der Waals surface area contributed by atoms with Crippen LogP contribution in [0.5, 0.6) is 5.75 Å². The number of H-pyrrole nitrogens is 1. The Kier molecular flexibility index (Phi) is 4.32. The molecular formula is C20H20N6O2. The van der Waals surface area contributed by atoms with Gasteiger partial charge in [-0.25, -0.2) is 4.98 Å². The zero-order chi connectivity index (χ0) is 19.8. The number of aromatic amines is 1. The highest BCUT2D eigenvalue weighted by Crippen LogP contribution is 2.37. The number of benzene rings is 2. The third-order valence-electron chi connectivity index (χ3n) is 4.68. The minimum Gasteiger partial charge on any atom is -0.504 e. The second-order valence-electron chi connectivity index (χ2n) is 6.44. The lowest BCUT2D eigenvalue weighted by Gasteiger charge is -2.01. The SMILES string of the molecule is CCn1nc(-c2ccc(CN)cc2)c(O)c1-c1nc2ccc(C(N)=O)cc2[nH]1. The van der Waals surface area contributed by atoms with E-state index in [0.29, 0.717) is 46.9 Å². The predicted octanol–water partition coefficient (Wildman–Crippen LogP) is 2.38. The van der Waals surface area contributed by atoms with Gasteiger partial charge >= 0.3 is 0 Å². The number of aromatic hydroxyl groups is 1. The topological polar surface area (TPSA) is 136 Å². The van der Waals surface area contributed by atoms with Crippen molar-refractivity contribution in [2.45, 2.75) is 20.0 Å². The van der Waals surface area contributed by atoms with Gasteiger partial charge in [-0.15, -0.1) is 0 Å². The lowest BCUT2D eigenvalue weighted by atomic mass is 10.1. The molecule has 142 valence electrons. The highest BCUT2D eigenvalue weighted by molar-refractivity contribution is 5.96. The first-order valence-electron chi connectivity index (χ1n) is 8.91. The number of carbonyl (C=O) groups excluding carboxylic acids is 1. The molecule has 8 heteroatoms. The number of nitrogens with one attached hydrogen (secondary N) is 1. The van der Waals surface area contributed by atoms with Gasteiger partial charge in [0.05, 0.1) is 11.0 Å². The van der Waals surface area contributed by atoms with Crippen LogP contribution in [0.3, 0.4) is 0 Å². The molecule has 0 saturated carbocycles. The quantitative estimate of drug-likeness (QED) is 0.424. The maximum absolute atomic E-state index is 11.4. The zero-order valence-electron chi connectivity index (χ0n) is 15.3. The maximum Gasteiger partial charge on any atom is 0.248 e. The van der Waals surface area contributed by atoms with Crippen LogP contribution in [-0.2, 0) is 13.1 Å². The first-order chi connectivity index (χ1) is 13.5. The highest BCUT2D eigenvalue weighted by Gasteiger charge is 2.22. The van der Waals surface area contributed by atoms with Gasteiger partial charge in [0.1, 0.15) is 11.4 Å². The number of amides is 1. The summed E-state index contributed by atoms with van der Waals surface area (Å²) in [7, 11) is 0. The molecule has 2 aromatic heterocycles. The number of hydrogen-bond acceptors (Lipinski definition) is 5. The Balaban J connectivity index is 1.84. The van der Waals surface area contributed by atoms with Gasteiger partial charge in [-0.1, -0.05) is 24.3 Å². The lowest BCUT2D eigenvalue weighted by molar-refractivity contribution is 0.100. The Morgan fingerprint density at radius 1 is 1.21 bits per heavy atom. The summed E-state index contributed by atoms with van der Waals surface area (Å²) in [5, 5.41) is 15.4. The van der Waals surface area contributed by atoms with Crippen molar-refractivity contribution in [2.75, 3.05) is 0 Å². The Morgan fingerprint density at radius 2 is 1.96 bits per heavy atom. The molecule has 0 bridgehead atoms. The maximum atomic E-state index is 11.4. The Hall–Kier alpha value is -3.65.